The number of para-hydroxylation sites is 1. The Hall–Kier alpha value is -4.18. The van der Waals surface area contributed by atoms with Gasteiger partial charge in [-0.3, -0.25) is 10.8 Å². The van der Waals surface area contributed by atoms with E-state index in [1.54, 1.807) is 42.5 Å². The molecule has 0 radical (unpaired) electrons. The number of amidine groups is 1. The van der Waals surface area contributed by atoms with Crippen LogP contribution >= 0.6 is 0 Å². The van der Waals surface area contributed by atoms with Crippen LogP contribution in [0.1, 0.15) is 10.4 Å². The minimum atomic E-state index is -0.579. The van der Waals surface area contributed by atoms with E-state index in [1.165, 1.54) is 0 Å². The van der Waals surface area contributed by atoms with Crippen LogP contribution in [0.2, 0.25) is 0 Å². The number of hydrogen-bond donors (Lipinski definition) is 3. The van der Waals surface area contributed by atoms with Gasteiger partial charge in [-0.25, -0.2) is 4.79 Å². The van der Waals surface area contributed by atoms with Crippen LogP contribution in [0, 0.1) is 16.7 Å². The van der Waals surface area contributed by atoms with E-state index in [0.29, 0.717) is 11.4 Å². The highest BCUT2D eigenvalue weighted by Gasteiger charge is 2.14. The average molecular weight is 357 g/mol. The Morgan fingerprint density at radius 3 is 2.52 bits per heavy atom. The fourth-order valence-corrected chi connectivity index (χ4v) is 2.41. The predicted octanol–water partition coefficient (Wildman–Crippen LogP) is 3.29. The van der Waals surface area contributed by atoms with Gasteiger partial charge >= 0.3 is 5.97 Å². The molecule has 4 N–H and O–H groups in total. The second-order valence-electron chi connectivity index (χ2n) is 5.54. The number of fused-ring (bicyclic) bond motifs is 1. The van der Waals surface area contributed by atoms with E-state index < -0.39 is 11.8 Å². The van der Waals surface area contributed by atoms with Crippen LogP contribution in [0.15, 0.2) is 71.8 Å². The van der Waals surface area contributed by atoms with E-state index in [4.69, 9.17) is 21.1 Å². The van der Waals surface area contributed by atoms with Crippen LogP contribution < -0.4 is 15.9 Å². The van der Waals surface area contributed by atoms with Crippen molar-refractivity contribution < 1.29 is 9.53 Å². The van der Waals surface area contributed by atoms with E-state index in [1.807, 2.05) is 30.3 Å². The first-order valence-corrected chi connectivity index (χ1v) is 7.96. The van der Waals surface area contributed by atoms with Crippen LogP contribution in [0.4, 0.5) is 5.69 Å². The first kappa shape index (κ1) is 17.6. The number of carbonyl (C=O) groups excluding carboxylic acids is 1. The molecule has 0 spiro atoms. The second-order valence-corrected chi connectivity index (χ2v) is 5.54. The summed E-state index contributed by atoms with van der Waals surface area (Å²) in [5.74, 6) is -0.635. The Morgan fingerprint density at radius 1 is 1.07 bits per heavy atom. The lowest BCUT2D eigenvalue weighted by Gasteiger charge is -2.09. The normalized spacial score (nSPS) is 10.9. The highest BCUT2D eigenvalue weighted by Crippen LogP contribution is 2.23. The number of ether oxygens (including phenoxy) is 1. The molecule has 3 rings (SSSR count). The van der Waals surface area contributed by atoms with Crippen molar-refractivity contribution in [3.8, 4) is 11.8 Å². The molecule has 27 heavy (non-hydrogen) atoms. The molecule has 7 heteroatoms. The number of hydrogen-bond acceptors (Lipinski definition) is 6. The third-order valence-corrected chi connectivity index (χ3v) is 3.73. The smallest absolute Gasteiger partial charge is 0.345 e. The molecule has 0 bridgehead atoms. The van der Waals surface area contributed by atoms with Gasteiger partial charge in [0.1, 0.15) is 11.8 Å². The lowest BCUT2D eigenvalue weighted by atomic mass is 10.1. The molecule has 0 amide bonds. The molecule has 0 saturated heterocycles. The molecule has 0 heterocycles. The number of esters is 1. The summed E-state index contributed by atoms with van der Waals surface area (Å²) in [6.07, 6.45) is 0. The summed E-state index contributed by atoms with van der Waals surface area (Å²) in [5, 5.41) is 21.9. The van der Waals surface area contributed by atoms with Gasteiger partial charge in [0.05, 0.1) is 11.3 Å². The van der Waals surface area contributed by atoms with Crippen molar-refractivity contribution in [1.29, 1.82) is 10.7 Å². The molecule has 0 aliphatic rings. The number of benzene rings is 3. The first-order valence-electron chi connectivity index (χ1n) is 7.96. The van der Waals surface area contributed by atoms with Crippen molar-refractivity contribution >= 4 is 34.0 Å². The Morgan fingerprint density at radius 2 is 1.78 bits per heavy atom. The molecule has 0 aliphatic heterocycles. The highest BCUT2D eigenvalue weighted by molar-refractivity contribution is 6.45. The van der Waals surface area contributed by atoms with Crippen LogP contribution in [-0.2, 0) is 0 Å². The third kappa shape index (κ3) is 4.08. The molecule has 132 valence electrons. The second kappa shape index (κ2) is 7.80. The van der Waals surface area contributed by atoms with Crippen molar-refractivity contribution in [3.63, 3.8) is 0 Å². The number of anilines is 1. The van der Waals surface area contributed by atoms with Crippen LogP contribution in [0.25, 0.3) is 10.8 Å². The van der Waals surface area contributed by atoms with Crippen molar-refractivity contribution in [2.45, 2.75) is 0 Å². The van der Waals surface area contributed by atoms with Gasteiger partial charge < -0.3 is 10.5 Å². The molecule has 0 unspecified atom stereocenters. The van der Waals surface area contributed by atoms with Crippen molar-refractivity contribution in [1.82, 2.24) is 0 Å². The molecule has 0 aromatic heterocycles. The van der Waals surface area contributed by atoms with E-state index in [-0.39, 0.29) is 11.3 Å². The van der Waals surface area contributed by atoms with Gasteiger partial charge in [-0.2, -0.15) is 10.4 Å². The lowest BCUT2D eigenvalue weighted by molar-refractivity contribution is 0.0736. The van der Waals surface area contributed by atoms with Crippen LogP contribution in [0.3, 0.4) is 0 Å². The largest absolute Gasteiger partial charge is 0.423 e. The molecule has 7 nitrogen and oxygen atoms in total. The number of nitrogens with zero attached hydrogens (tertiary/aromatic N) is 2. The third-order valence-electron chi connectivity index (χ3n) is 3.73. The molecular formula is C20H15N5O2. The molecule has 0 atom stereocenters. The van der Waals surface area contributed by atoms with Gasteiger partial charge in [-0.15, -0.1) is 0 Å². The van der Waals surface area contributed by atoms with E-state index in [2.05, 4.69) is 10.5 Å². The Balaban J connectivity index is 1.84. The molecule has 3 aromatic rings. The zero-order chi connectivity index (χ0) is 19.2. The molecule has 0 aliphatic carbocycles. The topological polar surface area (TPSA) is 124 Å². The standard InChI is InChI=1S/C20H15N5O2/c21-12-18(19(22)23)25-24-17-8-4-3-7-16(17)20(26)27-15-10-9-13-5-1-2-6-14(13)11-15/h1-11,24H,(H3,22,23)/b25-18+. The highest BCUT2D eigenvalue weighted by atomic mass is 16.5. The lowest BCUT2D eigenvalue weighted by Crippen LogP contribution is -2.22. The van der Waals surface area contributed by atoms with Gasteiger partial charge in [0.2, 0.25) is 5.71 Å². The van der Waals surface area contributed by atoms with Crippen molar-refractivity contribution in [2.75, 3.05) is 5.43 Å². The fourth-order valence-electron chi connectivity index (χ4n) is 2.41. The van der Waals surface area contributed by atoms with E-state index >= 15 is 0 Å². The monoisotopic (exact) mass is 357 g/mol. The summed E-state index contributed by atoms with van der Waals surface area (Å²) in [7, 11) is 0. The Labute approximate surface area is 155 Å². The maximum atomic E-state index is 12.6. The summed E-state index contributed by atoms with van der Waals surface area (Å²) in [5.41, 5.74) is 8.12. The summed E-state index contributed by atoms with van der Waals surface area (Å²) >= 11 is 0. The molecule has 0 saturated carbocycles. The number of carbonyl (C=O) groups is 1. The molecular weight excluding hydrogens is 342 g/mol. The maximum Gasteiger partial charge on any atom is 0.345 e. The van der Waals surface area contributed by atoms with Crippen molar-refractivity contribution in [3.05, 3.63) is 72.3 Å². The fraction of sp³-hybridized carbons (Fsp3) is 0. The maximum absolute atomic E-state index is 12.6. The van der Waals surface area contributed by atoms with Gasteiger partial charge in [-0.05, 0) is 35.0 Å². The molecule has 0 fully saturated rings. The SMILES string of the molecule is N#C/C(=N\Nc1ccccc1C(=O)Oc1ccc2ccccc2c1)C(=N)N. The van der Waals surface area contributed by atoms with Crippen LogP contribution in [-0.4, -0.2) is 17.5 Å². The summed E-state index contributed by atoms with van der Waals surface area (Å²) in [4.78, 5) is 12.6. The number of nitrogens with two attached hydrogens (primary N) is 1. The number of nitrogens with one attached hydrogen (secondary N) is 2. The summed E-state index contributed by atoms with van der Waals surface area (Å²) in [6, 6.07) is 21.4. The summed E-state index contributed by atoms with van der Waals surface area (Å²) in [6.45, 7) is 0. The predicted molar refractivity (Wildman–Crippen MR) is 104 cm³/mol. The number of rotatable bonds is 5. The van der Waals surface area contributed by atoms with Crippen molar-refractivity contribution in [2.24, 2.45) is 10.8 Å². The van der Waals surface area contributed by atoms with Crippen LogP contribution in [0.5, 0.6) is 5.75 Å². The number of nitriles is 1. The minimum Gasteiger partial charge on any atom is -0.423 e. The van der Waals surface area contributed by atoms with E-state index in [9.17, 15) is 4.79 Å². The van der Waals surface area contributed by atoms with Gasteiger partial charge in [0.15, 0.2) is 5.84 Å². The van der Waals surface area contributed by atoms with E-state index in [0.717, 1.165) is 10.8 Å². The molecule has 3 aromatic carbocycles. The zero-order valence-electron chi connectivity index (χ0n) is 14.1. The zero-order valence-corrected chi connectivity index (χ0v) is 14.1. The quantitative estimate of drug-likeness (QED) is 0.212. The van der Waals surface area contributed by atoms with Gasteiger partial charge in [0.25, 0.3) is 0 Å². The van der Waals surface area contributed by atoms with Gasteiger partial charge in [0, 0.05) is 0 Å². The Kier molecular flexibility index (Phi) is 5.10. The van der Waals surface area contributed by atoms with Gasteiger partial charge in [-0.1, -0.05) is 42.5 Å². The minimum absolute atomic E-state index is 0.232. The summed E-state index contributed by atoms with van der Waals surface area (Å²) < 4.78 is 5.47. The average Bonchev–Trinajstić information content (AvgIpc) is 2.68. The Bertz CT molecular complexity index is 1100. The number of hydrazone groups is 1. The first-order chi connectivity index (χ1) is 13.1.